The first-order chi connectivity index (χ1) is 41.6. The Hall–Kier alpha value is -2.14. The molecule has 494 valence electrons. The Bertz CT molecular complexity index is 1380. The largest absolute Gasteiger partial charge is 0.462 e. The van der Waals surface area contributed by atoms with Gasteiger partial charge in [0.05, 0.1) is 6.61 Å². The molecule has 0 aromatic carbocycles. The zero-order valence-electron chi connectivity index (χ0n) is 56.9. The van der Waals surface area contributed by atoms with Gasteiger partial charge >= 0.3 is 11.9 Å². The normalized spacial score (nSPS) is 12.4. The highest BCUT2D eigenvalue weighted by Gasteiger charge is 2.16. The van der Waals surface area contributed by atoms with Crippen LogP contribution in [0.1, 0.15) is 425 Å². The van der Waals surface area contributed by atoms with Gasteiger partial charge in [-0.3, -0.25) is 9.59 Å². The molecule has 5 nitrogen and oxygen atoms in total. The number of carbonyl (C=O) groups is 2. The van der Waals surface area contributed by atoms with Crippen molar-refractivity contribution in [2.24, 2.45) is 0 Å². The van der Waals surface area contributed by atoms with Gasteiger partial charge in [0.25, 0.3) is 0 Å². The zero-order valence-corrected chi connectivity index (χ0v) is 56.9. The fourth-order valence-corrected chi connectivity index (χ4v) is 11.9. The summed E-state index contributed by atoms with van der Waals surface area (Å²) in [5.74, 6) is -0.564. The van der Waals surface area contributed by atoms with Gasteiger partial charge < -0.3 is 14.6 Å². The fourth-order valence-electron chi connectivity index (χ4n) is 11.9. The Kier molecular flexibility index (Phi) is 73.2. The van der Waals surface area contributed by atoms with Gasteiger partial charge in [-0.05, 0) is 77.0 Å². The summed E-state index contributed by atoms with van der Waals surface area (Å²) < 4.78 is 10.8. The third kappa shape index (κ3) is 72.3. The van der Waals surface area contributed by atoms with Crippen LogP contribution in [0.3, 0.4) is 0 Å². The van der Waals surface area contributed by atoms with Gasteiger partial charge in [0, 0.05) is 12.8 Å². The van der Waals surface area contributed by atoms with Gasteiger partial charge in [0.1, 0.15) is 6.61 Å². The van der Waals surface area contributed by atoms with Crippen LogP contribution >= 0.6 is 0 Å². The van der Waals surface area contributed by atoms with Crippen LogP contribution in [0.2, 0.25) is 0 Å². The van der Waals surface area contributed by atoms with Gasteiger partial charge in [-0.25, -0.2) is 0 Å². The van der Waals surface area contributed by atoms with Crippen LogP contribution in [0.5, 0.6) is 0 Å². The van der Waals surface area contributed by atoms with E-state index in [1.807, 2.05) is 0 Å². The highest BCUT2D eigenvalue weighted by Crippen LogP contribution is 2.19. The molecule has 1 N–H and O–H groups in total. The first-order valence-electron chi connectivity index (χ1n) is 38.2. The third-order valence-corrected chi connectivity index (χ3v) is 17.6. The molecule has 0 aliphatic carbocycles. The van der Waals surface area contributed by atoms with E-state index in [1.165, 1.54) is 353 Å². The van der Waals surface area contributed by atoms with Crippen molar-refractivity contribution >= 4 is 11.9 Å². The molecule has 0 saturated carbocycles. The minimum absolute atomic E-state index is 0.0593. The van der Waals surface area contributed by atoms with Gasteiger partial charge in [0.2, 0.25) is 0 Å². The van der Waals surface area contributed by atoms with Crippen molar-refractivity contribution in [2.45, 2.75) is 431 Å². The summed E-state index contributed by atoms with van der Waals surface area (Å²) in [5, 5.41) is 9.72. The van der Waals surface area contributed by atoms with Crippen LogP contribution in [-0.2, 0) is 19.1 Å². The summed E-state index contributed by atoms with van der Waals surface area (Å²) in [6.07, 6.45) is 102. The number of unbranched alkanes of at least 4 members (excludes halogenated alkanes) is 56. The molecule has 0 heterocycles. The highest BCUT2D eigenvalue weighted by molar-refractivity contribution is 5.70. The van der Waals surface area contributed by atoms with Gasteiger partial charge in [0.15, 0.2) is 6.10 Å². The van der Waals surface area contributed by atoms with E-state index in [4.69, 9.17) is 9.47 Å². The maximum absolute atomic E-state index is 12.4. The molecule has 5 heteroatoms. The molecule has 0 bridgehead atoms. The number of allylic oxidation sites excluding steroid dienone is 8. The number of hydrogen-bond acceptors (Lipinski definition) is 5. The van der Waals surface area contributed by atoms with Gasteiger partial charge in [-0.1, -0.05) is 383 Å². The van der Waals surface area contributed by atoms with Crippen LogP contribution in [0.4, 0.5) is 0 Å². The maximum Gasteiger partial charge on any atom is 0.306 e. The van der Waals surface area contributed by atoms with Crippen molar-refractivity contribution in [2.75, 3.05) is 13.2 Å². The van der Waals surface area contributed by atoms with Crippen molar-refractivity contribution in [3.8, 4) is 0 Å². The molecule has 1 unspecified atom stereocenters. The van der Waals surface area contributed by atoms with Gasteiger partial charge in [-0.15, -0.1) is 0 Å². The Morgan fingerprint density at radius 2 is 0.476 bits per heavy atom. The average Bonchev–Trinajstić information content (AvgIpc) is 3.51. The minimum atomic E-state index is -0.771. The van der Waals surface area contributed by atoms with E-state index in [2.05, 4.69) is 62.5 Å². The number of aliphatic hydroxyl groups excluding tert-OH is 1. The standard InChI is InChI=1S/C79H148O5/c1-3-5-7-9-11-13-15-17-19-21-23-25-27-29-31-33-35-37-38-39-40-42-44-46-48-50-52-54-56-58-60-62-64-66-68-70-72-74-79(82)84-77(75-80)76-83-78(81)73-71-69-67-65-63-61-59-57-55-53-51-49-47-45-43-41-36-34-32-30-28-26-24-22-20-18-16-14-12-10-8-6-4-2/h15,17,21-24,27,29,77,80H,3-14,16,18-20,25-26,28,30-76H2,1-2H3/b17-15-,23-21-,24-22-,29-27-. The summed E-state index contributed by atoms with van der Waals surface area (Å²) in [7, 11) is 0. The molecule has 0 aliphatic heterocycles. The number of rotatable bonds is 72. The smallest absolute Gasteiger partial charge is 0.306 e. The van der Waals surface area contributed by atoms with E-state index in [0.29, 0.717) is 12.8 Å². The Morgan fingerprint density at radius 1 is 0.274 bits per heavy atom. The van der Waals surface area contributed by atoms with Crippen molar-refractivity contribution in [1.82, 2.24) is 0 Å². The Morgan fingerprint density at radius 3 is 0.726 bits per heavy atom. The molecule has 0 radical (unpaired) electrons. The SMILES string of the molecule is CCCCCCC/C=C\C/C=C\C/C=C\CCCCCCCCCCCCCCCCCCCCCCCCC(=O)OC(CO)COC(=O)CCCCCCCCCCCCCCCCCCCCCCC/C=C\CCCCCCCCCC. The molecule has 0 saturated heterocycles. The molecule has 84 heavy (non-hydrogen) atoms. The Balaban J connectivity index is 3.38. The van der Waals surface area contributed by atoms with Crippen molar-refractivity contribution in [1.29, 1.82) is 0 Å². The topological polar surface area (TPSA) is 72.8 Å². The number of esters is 2. The summed E-state index contributed by atoms with van der Waals surface area (Å²) in [4.78, 5) is 24.7. The van der Waals surface area contributed by atoms with Crippen LogP contribution in [0.25, 0.3) is 0 Å². The second kappa shape index (κ2) is 75.1. The van der Waals surface area contributed by atoms with Crippen molar-refractivity contribution in [3.63, 3.8) is 0 Å². The number of hydrogen-bond donors (Lipinski definition) is 1. The van der Waals surface area contributed by atoms with Crippen LogP contribution in [0.15, 0.2) is 48.6 Å². The molecule has 0 aromatic heterocycles. The lowest BCUT2D eigenvalue weighted by atomic mass is 10.0. The van der Waals surface area contributed by atoms with Gasteiger partial charge in [-0.2, -0.15) is 0 Å². The Labute approximate surface area is 526 Å². The summed E-state index contributed by atoms with van der Waals surface area (Å²) in [5.41, 5.74) is 0. The second-order valence-corrected chi connectivity index (χ2v) is 26.1. The van der Waals surface area contributed by atoms with E-state index in [1.54, 1.807) is 0 Å². The summed E-state index contributed by atoms with van der Waals surface area (Å²) in [6.45, 7) is 4.19. The molecule has 1 atom stereocenters. The molecular formula is C79H148O5. The number of ether oxygens (including phenoxy) is 2. The highest BCUT2D eigenvalue weighted by atomic mass is 16.6. The van der Waals surface area contributed by atoms with E-state index in [-0.39, 0.29) is 25.2 Å². The van der Waals surface area contributed by atoms with Crippen LogP contribution in [0, 0.1) is 0 Å². The lowest BCUT2D eigenvalue weighted by Gasteiger charge is -2.15. The monoisotopic (exact) mass is 1180 g/mol. The lowest BCUT2D eigenvalue weighted by molar-refractivity contribution is -0.161. The molecule has 0 spiro atoms. The van der Waals surface area contributed by atoms with Crippen LogP contribution in [-0.4, -0.2) is 36.4 Å². The van der Waals surface area contributed by atoms with Crippen molar-refractivity contribution < 1.29 is 24.2 Å². The quantitative estimate of drug-likeness (QED) is 0.0373. The number of carbonyl (C=O) groups excluding carboxylic acids is 2. The first-order valence-corrected chi connectivity index (χ1v) is 38.2. The fraction of sp³-hybridized carbons (Fsp3) is 0.873. The maximum atomic E-state index is 12.4. The molecule has 0 rings (SSSR count). The zero-order chi connectivity index (χ0) is 60.5. The van der Waals surface area contributed by atoms with E-state index in [0.717, 1.165) is 44.9 Å². The summed E-state index contributed by atoms with van der Waals surface area (Å²) in [6, 6.07) is 0. The molecule has 0 amide bonds. The lowest BCUT2D eigenvalue weighted by Crippen LogP contribution is -2.28. The predicted molar refractivity (Wildman–Crippen MR) is 371 cm³/mol. The molecular weight excluding hydrogens is 1030 g/mol. The molecule has 0 aromatic rings. The van der Waals surface area contributed by atoms with Crippen molar-refractivity contribution in [3.05, 3.63) is 48.6 Å². The van der Waals surface area contributed by atoms with Crippen LogP contribution < -0.4 is 0 Å². The minimum Gasteiger partial charge on any atom is -0.462 e. The number of aliphatic hydroxyl groups is 1. The first kappa shape index (κ1) is 81.9. The second-order valence-electron chi connectivity index (χ2n) is 26.1. The van der Waals surface area contributed by atoms with E-state index >= 15 is 0 Å². The predicted octanol–water partition coefficient (Wildman–Crippen LogP) is 26.7. The van der Waals surface area contributed by atoms with E-state index in [9.17, 15) is 14.7 Å². The summed E-state index contributed by atoms with van der Waals surface area (Å²) >= 11 is 0. The third-order valence-electron chi connectivity index (χ3n) is 17.6. The van der Waals surface area contributed by atoms with E-state index < -0.39 is 6.10 Å². The molecule has 0 aliphatic rings. The molecule has 0 fully saturated rings. The average molecular weight is 1180 g/mol.